The molecule has 2 heterocycles. The largest absolute Gasteiger partial charge is 0.507 e. The van der Waals surface area contributed by atoms with Gasteiger partial charge in [-0.2, -0.15) is 5.26 Å². The maximum absolute atomic E-state index is 10.4. The lowest BCUT2D eigenvalue weighted by Crippen LogP contribution is -2.30. The molecule has 1 aliphatic rings. The molecule has 1 N–H and O–H groups in total. The predicted molar refractivity (Wildman–Crippen MR) is 106 cm³/mol. The summed E-state index contributed by atoms with van der Waals surface area (Å²) < 4.78 is 0. The molecular weight excluding hydrogens is 336 g/mol. The van der Waals surface area contributed by atoms with Crippen LogP contribution in [-0.4, -0.2) is 40.3 Å². The van der Waals surface area contributed by atoms with Gasteiger partial charge >= 0.3 is 0 Å². The van der Waals surface area contributed by atoms with Crippen LogP contribution in [0.5, 0.6) is 5.75 Å². The molecule has 1 saturated heterocycles. The Hall–Kier alpha value is -2.97. The minimum Gasteiger partial charge on any atom is -0.507 e. The first-order valence-electron chi connectivity index (χ1n) is 9.26. The van der Waals surface area contributed by atoms with Gasteiger partial charge in [-0.15, -0.1) is 10.2 Å². The van der Waals surface area contributed by atoms with Crippen LogP contribution in [0.4, 0.5) is 0 Å². The van der Waals surface area contributed by atoms with Gasteiger partial charge in [-0.05, 0) is 68.6 Å². The minimum atomic E-state index is 0.0604. The van der Waals surface area contributed by atoms with Crippen molar-refractivity contribution in [1.82, 2.24) is 15.1 Å². The Morgan fingerprint density at radius 3 is 2.81 bits per heavy atom. The van der Waals surface area contributed by atoms with E-state index in [0.29, 0.717) is 22.7 Å². The molecule has 0 amide bonds. The molecule has 0 saturated carbocycles. The van der Waals surface area contributed by atoms with E-state index >= 15 is 0 Å². The molecule has 0 unspecified atom stereocenters. The SMILES string of the molecule is Cc1cc(C#N)cc(O)c1-c1cc2cccc([C@H]3CCCN(C)C3)c2nn1. The lowest BCUT2D eigenvalue weighted by atomic mass is 9.89. The third-order valence-electron chi connectivity index (χ3n) is 5.41. The van der Waals surface area contributed by atoms with Crippen LogP contribution in [-0.2, 0) is 0 Å². The molecule has 1 atom stereocenters. The summed E-state index contributed by atoms with van der Waals surface area (Å²) in [6.07, 6.45) is 2.36. The van der Waals surface area contributed by atoms with Gasteiger partial charge in [0.05, 0.1) is 22.8 Å². The van der Waals surface area contributed by atoms with E-state index in [9.17, 15) is 5.11 Å². The van der Waals surface area contributed by atoms with Crippen LogP contribution >= 0.6 is 0 Å². The number of hydrogen-bond acceptors (Lipinski definition) is 5. The summed E-state index contributed by atoms with van der Waals surface area (Å²) in [5.41, 5.74) is 4.69. The highest BCUT2D eigenvalue weighted by Gasteiger charge is 2.22. The highest BCUT2D eigenvalue weighted by atomic mass is 16.3. The van der Waals surface area contributed by atoms with Crippen molar-refractivity contribution >= 4 is 10.9 Å². The van der Waals surface area contributed by atoms with Gasteiger partial charge in [0, 0.05) is 17.5 Å². The summed E-state index contributed by atoms with van der Waals surface area (Å²) >= 11 is 0. The zero-order chi connectivity index (χ0) is 19.0. The summed E-state index contributed by atoms with van der Waals surface area (Å²) in [7, 11) is 2.16. The fourth-order valence-electron chi connectivity index (χ4n) is 4.13. The summed E-state index contributed by atoms with van der Waals surface area (Å²) in [5.74, 6) is 0.530. The second kappa shape index (κ2) is 6.98. The van der Waals surface area contributed by atoms with E-state index in [0.717, 1.165) is 29.6 Å². The molecule has 0 radical (unpaired) electrons. The van der Waals surface area contributed by atoms with Crippen molar-refractivity contribution in [2.24, 2.45) is 0 Å². The van der Waals surface area contributed by atoms with Crippen molar-refractivity contribution in [3.8, 4) is 23.1 Å². The average Bonchev–Trinajstić information content (AvgIpc) is 2.66. The first-order chi connectivity index (χ1) is 13.1. The predicted octanol–water partition coefficient (Wildman–Crippen LogP) is 3.99. The van der Waals surface area contributed by atoms with Crippen molar-refractivity contribution in [2.75, 3.05) is 20.1 Å². The van der Waals surface area contributed by atoms with Crippen LogP contribution < -0.4 is 0 Å². The number of nitriles is 1. The number of fused-ring (bicyclic) bond motifs is 1. The van der Waals surface area contributed by atoms with Crippen LogP contribution in [0.1, 0.15) is 35.4 Å². The standard InChI is InChI=1S/C22H22N4O/c1-14-9-15(12-23)10-20(27)21(14)19-11-16-5-3-7-18(22(16)25-24-19)17-6-4-8-26(2)13-17/h3,5,7,9-11,17,27H,4,6,8,13H2,1-2H3/t17-/m0/s1. The van der Waals surface area contributed by atoms with Crippen molar-refractivity contribution in [3.05, 3.63) is 53.1 Å². The number of hydrogen-bond donors (Lipinski definition) is 1. The Morgan fingerprint density at radius 2 is 2.07 bits per heavy atom. The van der Waals surface area contributed by atoms with Gasteiger partial charge < -0.3 is 10.0 Å². The molecule has 1 aliphatic heterocycles. The minimum absolute atomic E-state index is 0.0604. The summed E-state index contributed by atoms with van der Waals surface area (Å²) in [5, 5.41) is 29.4. The number of phenolic OH excluding ortho intramolecular Hbond substituents is 1. The number of likely N-dealkylation sites (N-methyl/N-ethyl adjacent to an activating group) is 1. The fourth-order valence-corrected chi connectivity index (χ4v) is 4.13. The zero-order valence-corrected chi connectivity index (χ0v) is 15.6. The van der Waals surface area contributed by atoms with Crippen molar-refractivity contribution < 1.29 is 5.11 Å². The van der Waals surface area contributed by atoms with Gasteiger partial charge in [-0.3, -0.25) is 0 Å². The van der Waals surface area contributed by atoms with E-state index in [-0.39, 0.29) is 5.75 Å². The normalized spacial score (nSPS) is 17.7. The van der Waals surface area contributed by atoms with Gasteiger partial charge in [0.1, 0.15) is 5.75 Å². The van der Waals surface area contributed by atoms with Crippen LogP contribution in [0.15, 0.2) is 36.4 Å². The molecule has 0 bridgehead atoms. The van der Waals surface area contributed by atoms with E-state index < -0.39 is 0 Å². The smallest absolute Gasteiger partial charge is 0.126 e. The van der Waals surface area contributed by atoms with Gasteiger partial charge in [-0.25, -0.2) is 0 Å². The van der Waals surface area contributed by atoms with Crippen molar-refractivity contribution in [1.29, 1.82) is 5.26 Å². The molecule has 1 aromatic heterocycles. The molecule has 3 aromatic rings. The highest BCUT2D eigenvalue weighted by Crippen LogP contribution is 2.35. The van der Waals surface area contributed by atoms with Gasteiger partial charge in [0.15, 0.2) is 0 Å². The summed E-state index contributed by atoms with van der Waals surface area (Å²) in [4.78, 5) is 2.37. The number of aromatic hydroxyl groups is 1. The van der Waals surface area contributed by atoms with Crippen molar-refractivity contribution in [2.45, 2.75) is 25.7 Å². The molecule has 0 spiro atoms. The number of aromatic nitrogens is 2. The Morgan fingerprint density at radius 1 is 1.22 bits per heavy atom. The molecular formula is C22H22N4O. The third-order valence-corrected chi connectivity index (χ3v) is 5.41. The Kier molecular flexibility index (Phi) is 4.51. The number of likely N-dealkylation sites (tertiary alicyclic amines) is 1. The summed E-state index contributed by atoms with van der Waals surface area (Å²) in [6, 6.07) is 13.5. The molecule has 5 heteroatoms. The number of aryl methyl sites for hydroxylation is 1. The van der Waals surface area contributed by atoms with Crippen LogP contribution in [0.3, 0.4) is 0 Å². The van der Waals surface area contributed by atoms with Crippen molar-refractivity contribution in [3.63, 3.8) is 0 Å². The Labute approximate surface area is 158 Å². The first kappa shape index (κ1) is 17.4. The van der Waals surface area contributed by atoms with Crippen LogP contribution in [0.25, 0.3) is 22.2 Å². The van der Waals surface area contributed by atoms with Gasteiger partial charge in [-0.1, -0.05) is 18.2 Å². The number of benzene rings is 2. The molecule has 27 heavy (non-hydrogen) atoms. The second-order valence-corrected chi connectivity index (χ2v) is 7.42. The zero-order valence-electron chi connectivity index (χ0n) is 15.6. The molecule has 1 fully saturated rings. The number of rotatable bonds is 2. The Balaban J connectivity index is 1.80. The third kappa shape index (κ3) is 3.24. The topological polar surface area (TPSA) is 73.0 Å². The first-order valence-corrected chi connectivity index (χ1v) is 9.26. The molecule has 136 valence electrons. The molecule has 4 rings (SSSR count). The summed E-state index contributed by atoms with van der Waals surface area (Å²) in [6.45, 7) is 4.06. The van der Waals surface area contributed by atoms with Crippen LogP contribution in [0, 0.1) is 18.3 Å². The molecule has 0 aliphatic carbocycles. The lowest BCUT2D eigenvalue weighted by molar-refractivity contribution is 0.251. The Bertz CT molecular complexity index is 1030. The van der Waals surface area contributed by atoms with E-state index in [2.05, 4.69) is 40.3 Å². The number of piperidine rings is 1. The maximum Gasteiger partial charge on any atom is 0.126 e. The average molecular weight is 358 g/mol. The van der Waals surface area contributed by atoms with Crippen LogP contribution in [0.2, 0.25) is 0 Å². The van der Waals surface area contributed by atoms with E-state index in [4.69, 9.17) is 5.26 Å². The fraction of sp³-hybridized carbons (Fsp3) is 0.318. The van der Waals surface area contributed by atoms with E-state index in [1.165, 1.54) is 24.5 Å². The highest BCUT2D eigenvalue weighted by molar-refractivity contribution is 5.86. The molecule has 2 aromatic carbocycles. The van der Waals surface area contributed by atoms with E-state index in [1.807, 2.05) is 19.1 Å². The van der Waals surface area contributed by atoms with Gasteiger partial charge in [0.25, 0.3) is 0 Å². The molecule has 5 nitrogen and oxygen atoms in total. The number of phenols is 1. The van der Waals surface area contributed by atoms with E-state index in [1.54, 1.807) is 6.07 Å². The monoisotopic (exact) mass is 358 g/mol. The number of nitrogens with zero attached hydrogens (tertiary/aromatic N) is 4. The quantitative estimate of drug-likeness (QED) is 0.750. The maximum atomic E-state index is 10.4. The van der Waals surface area contributed by atoms with Gasteiger partial charge in [0.2, 0.25) is 0 Å². The lowest BCUT2D eigenvalue weighted by Gasteiger charge is -2.30. The second-order valence-electron chi connectivity index (χ2n) is 7.42.